The van der Waals surface area contributed by atoms with Crippen molar-refractivity contribution in [3.05, 3.63) is 0 Å². The number of esters is 4. The summed E-state index contributed by atoms with van der Waals surface area (Å²) in [5.41, 5.74) is 0. The van der Waals surface area contributed by atoms with Crippen LogP contribution < -0.4 is 0 Å². The van der Waals surface area contributed by atoms with E-state index in [0.717, 1.165) is 102 Å². The zero-order valence-electron chi connectivity index (χ0n) is 71.2. The van der Waals surface area contributed by atoms with E-state index in [1.807, 2.05) is 0 Å². The maximum atomic E-state index is 13.2. The van der Waals surface area contributed by atoms with Crippen LogP contribution in [-0.2, 0) is 65.4 Å². The minimum Gasteiger partial charge on any atom is -0.462 e. The van der Waals surface area contributed by atoms with Gasteiger partial charge in [-0.3, -0.25) is 37.3 Å². The molecule has 0 aromatic carbocycles. The molecule has 3 N–H and O–H groups in total. The van der Waals surface area contributed by atoms with Crippen LogP contribution in [0.25, 0.3) is 0 Å². The number of hydrogen-bond donors (Lipinski definition) is 3. The molecule has 3 unspecified atom stereocenters. The molecule has 0 radical (unpaired) electrons. The molecule has 6 atom stereocenters. The van der Waals surface area contributed by atoms with Gasteiger partial charge in [0.15, 0.2) is 12.2 Å². The maximum absolute atomic E-state index is 13.2. The molecule has 0 aliphatic heterocycles. The fraction of sp³-hybridized carbons (Fsp3) is 0.955. The topological polar surface area (TPSA) is 237 Å². The van der Waals surface area contributed by atoms with Gasteiger partial charge in [0, 0.05) is 25.7 Å². The van der Waals surface area contributed by atoms with E-state index in [1.54, 1.807) is 0 Å². The Morgan fingerprint density at radius 3 is 0.704 bits per heavy atom. The van der Waals surface area contributed by atoms with Crippen molar-refractivity contribution in [1.82, 2.24) is 0 Å². The second kappa shape index (κ2) is 80.3. The quantitative estimate of drug-likeness (QED) is 0.0222. The van der Waals surface area contributed by atoms with Crippen molar-refractivity contribution in [1.29, 1.82) is 0 Å². The number of ether oxygens (including phenoxy) is 4. The molecule has 0 aromatic heterocycles. The predicted molar refractivity (Wildman–Crippen MR) is 446 cm³/mol. The van der Waals surface area contributed by atoms with Gasteiger partial charge in [-0.05, 0) is 37.5 Å². The molecule has 0 spiro atoms. The molecule has 0 fully saturated rings. The zero-order valence-corrected chi connectivity index (χ0v) is 73.0. The van der Waals surface area contributed by atoms with Gasteiger partial charge < -0.3 is 33.8 Å². The van der Waals surface area contributed by atoms with E-state index in [0.29, 0.717) is 25.7 Å². The third-order valence-electron chi connectivity index (χ3n) is 21.3. The molecule has 0 rings (SSSR count). The van der Waals surface area contributed by atoms with Crippen molar-refractivity contribution in [2.75, 3.05) is 39.6 Å². The second-order valence-corrected chi connectivity index (χ2v) is 35.6. The number of phosphoric acid groups is 2. The molecule has 17 nitrogen and oxygen atoms in total. The Balaban J connectivity index is 5.23. The van der Waals surface area contributed by atoms with Crippen molar-refractivity contribution in [2.45, 2.75) is 496 Å². The van der Waals surface area contributed by atoms with Crippen LogP contribution >= 0.6 is 15.6 Å². The minimum absolute atomic E-state index is 0.107. The Hall–Kier alpha value is -1.94. The first kappa shape index (κ1) is 106. The van der Waals surface area contributed by atoms with Gasteiger partial charge >= 0.3 is 39.5 Å². The van der Waals surface area contributed by atoms with E-state index in [9.17, 15) is 43.2 Å². The summed E-state index contributed by atoms with van der Waals surface area (Å²) in [5.74, 6) is -0.450. The van der Waals surface area contributed by atoms with Crippen LogP contribution in [0.15, 0.2) is 0 Å². The number of aliphatic hydroxyl groups excluding tert-OH is 1. The lowest BCUT2D eigenvalue weighted by molar-refractivity contribution is -0.161. The van der Waals surface area contributed by atoms with Crippen LogP contribution in [-0.4, -0.2) is 96.7 Å². The summed E-state index contributed by atoms with van der Waals surface area (Å²) in [7, 11) is -9.93. The molecule has 0 aliphatic rings. The number of hydrogen-bond acceptors (Lipinski definition) is 15. The highest BCUT2D eigenvalue weighted by Crippen LogP contribution is 2.45. The van der Waals surface area contributed by atoms with E-state index in [4.69, 9.17) is 37.0 Å². The molecule has 0 bridgehead atoms. The highest BCUT2D eigenvalue weighted by molar-refractivity contribution is 7.47. The zero-order chi connectivity index (χ0) is 79.2. The van der Waals surface area contributed by atoms with Crippen molar-refractivity contribution >= 4 is 39.5 Å². The lowest BCUT2D eigenvalue weighted by atomic mass is 9.99. The van der Waals surface area contributed by atoms with Gasteiger partial charge in [0.2, 0.25) is 0 Å². The number of carbonyl (C=O) groups is 4. The summed E-state index contributed by atoms with van der Waals surface area (Å²) < 4.78 is 69.0. The van der Waals surface area contributed by atoms with Crippen LogP contribution in [0.5, 0.6) is 0 Å². The molecule has 0 saturated heterocycles. The van der Waals surface area contributed by atoms with Crippen molar-refractivity contribution in [3.8, 4) is 0 Å². The van der Waals surface area contributed by atoms with E-state index in [2.05, 4.69) is 41.5 Å². The number of unbranched alkanes of at least 4 members (excludes halogenated alkanes) is 57. The Labute approximate surface area is 664 Å². The minimum atomic E-state index is -4.97. The van der Waals surface area contributed by atoms with Gasteiger partial charge in [-0.15, -0.1) is 0 Å². The van der Waals surface area contributed by atoms with E-state index >= 15 is 0 Å². The van der Waals surface area contributed by atoms with Crippen molar-refractivity contribution < 1.29 is 80.2 Å². The van der Waals surface area contributed by atoms with Gasteiger partial charge in [-0.1, -0.05) is 427 Å². The van der Waals surface area contributed by atoms with Gasteiger partial charge in [0.05, 0.1) is 26.4 Å². The lowest BCUT2D eigenvalue weighted by Crippen LogP contribution is -2.30. The number of phosphoric ester groups is 2. The third kappa shape index (κ3) is 80.7. The Morgan fingerprint density at radius 2 is 0.472 bits per heavy atom. The Bertz CT molecular complexity index is 2070. The van der Waals surface area contributed by atoms with Crippen LogP contribution in [0, 0.1) is 11.8 Å². The predicted octanol–water partition coefficient (Wildman–Crippen LogP) is 27.4. The standard InChI is InChI=1S/C89H174O17P2/c1-7-10-12-14-16-18-20-21-22-23-24-25-29-32-35-42-48-54-60-66-72-87(92)100-78-85(105-88(93)73-67-61-55-49-43-36-33-30-27-26-28-31-34-41-46-52-58-64-70-82(6)9-3)80-104-108(97,98)102-76-83(90)75-101-107(95,96)103-79-84(77-99-86(91)71-65-59-53-47-39-19-17-15-13-11-8-2)106-89(94)74-68-62-56-50-44-38-37-40-45-51-57-63-69-81(4)5/h81-85,90H,7-80H2,1-6H3,(H,95,96)(H,97,98)/t82?,83-,84+,85+/m0/s1. The first-order valence-corrected chi connectivity index (χ1v) is 49.0. The molecule has 108 heavy (non-hydrogen) atoms. The Morgan fingerprint density at radius 1 is 0.269 bits per heavy atom. The van der Waals surface area contributed by atoms with Crippen molar-refractivity contribution in [3.63, 3.8) is 0 Å². The molecule has 0 saturated carbocycles. The van der Waals surface area contributed by atoms with Crippen LogP contribution in [0.2, 0.25) is 0 Å². The monoisotopic (exact) mass is 1580 g/mol. The van der Waals surface area contributed by atoms with Crippen LogP contribution in [0.3, 0.4) is 0 Å². The number of aliphatic hydroxyl groups is 1. The van der Waals surface area contributed by atoms with E-state index in [-0.39, 0.29) is 25.7 Å². The van der Waals surface area contributed by atoms with Crippen LogP contribution in [0.1, 0.15) is 478 Å². The molecular formula is C89H174O17P2. The second-order valence-electron chi connectivity index (χ2n) is 32.7. The average Bonchev–Trinajstić information content (AvgIpc) is 0.899. The van der Waals surface area contributed by atoms with Gasteiger partial charge in [-0.25, -0.2) is 9.13 Å². The summed E-state index contributed by atoms with van der Waals surface area (Å²) in [6.45, 7) is 9.76. The smallest absolute Gasteiger partial charge is 0.462 e. The normalized spacial score (nSPS) is 14.0. The largest absolute Gasteiger partial charge is 0.472 e. The van der Waals surface area contributed by atoms with Gasteiger partial charge in [0.1, 0.15) is 19.3 Å². The summed E-state index contributed by atoms with van der Waals surface area (Å²) >= 11 is 0. The molecule has 19 heteroatoms. The first-order valence-electron chi connectivity index (χ1n) is 46.0. The summed E-state index contributed by atoms with van der Waals surface area (Å²) in [6.07, 6.45) is 73.6. The van der Waals surface area contributed by atoms with E-state index in [1.165, 1.54) is 295 Å². The molecule has 0 amide bonds. The molecular weight excluding hydrogens is 1400 g/mol. The lowest BCUT2D eigenvalue weighted by Gasteiger charge is -2.21. The first-order chi connectivity index (χ1) is 52.4. The third-order valence-corrected chi connectivity index (χ3v) is 23.2. The SMILES string of the molecule is CCCCCCCCCCCCCCCCCCCCCCC(=O)OC[C@H](COP(=O)(O)OC[C@@H](O)COP(=O)(O)OC[C@@H](COC(=O)CCCCCCCCCCCCC)OC(=O)CCCCCCCCCCCCCCC(C)C)OC(=O)CCCCCCCCCCCCCCCCCCCCC(C)CC. The Kier molecular flexibility index (Phi) is 78.8. The van der Waals surface area contributed by atoms with Crippen molar-refractivity contribution in [2.24, 2.45) is 11.8 Å². The molecule has 642 valence electrons. The average molecular weight is 1580 g/mol. The molecule has 0 aliphatic carbocycles. The fourth-order valence-electron chi connectivity index (χ4n) is 13.9. The van der Waals surface area contributed by atoms with Gasteiger partial charge in [0.25, 0.3) is 0 Å². The van der Waals surface area contributed by atoms with E-state index < -0.39 is 97.5 Å². The summed E-state index contributed by atoms with van der Waals surface area (Å²) in [6, 6.07) is 0. The summed E-state index contributed by atoms with van der Waals surface area (Å²) in [5, 5.41) is 10.7. The maximum Gasteiger partial charge on any atom is 0.472 e. The molecule has 0 aromatic rings. The van der Waals surface area contributed by atoms with Gasteiger partial charge in [-0.2, -0.15) is 0 Å². The highest BCUT2D eigenvalue weighted by atomic mass is 31.2. The summed E-state index contributed by atoms with van der Waals surface area (Å²) in [4.78, 5) is 73.3. The fourth-order valence-corrected chi connectivity index (χ4v) is 15.5. The number of rotatable bonds is 88. The number of carbonyl (C=O) groups excluding carboxylic acids is 4. The van der Waals surface area contributed by atoms with Crippen LogP contribution in [0.4, 0.5) is 0 Å². The molecule has 0 heterocycles. The highest BCUT2D eigenvalue weighted by Gasteiger charge is 2.31.